The fourth-order valence-electron chi connectivity index (χ4n) is 4.94. The molecule has 1 aromatic carbocycles. The highest BCUT2D eigenvalue weighted by Gasteiger charge is 2.39. The largest absolute Gasteiger partial charge is 0.462 e. The monoisotopic (exact) mass is 517 g/mol. The van der Waals surface area contributed by atoms with Crippen LogP contribution in [0.2, 0.25) is 0 Å². The molecular weight excluding hydrogens is 482 g/mol. The molecule has 1 atom stereocenters. The lowest BCUT2D eigenvalue weighted by Crippen LogP contribution is -2.41. The van der Waals surface area contributed by atoms with Gasteiger partial charge in [0.05, 0.1) is 39.8 Å². The Kier molecular flexibility index (Phi) is 7.85. The lowest BCUT2D eigenvalue weighted by atomic mass is 9.76. The number of hydrogen-bond acceptors (Lipinski definition) is 7. The van der Waals surface area contributed by atoms with Crippen molar-refractivity contribution >= 4 is 21.7 Å². The summed E-state index contributed by atoms with van der Waals surface area (Å²) < 4.78 is 37.0. The lowest BCUT2D eigenvalue weighted by Gasteiger charge is -2.36. The number of carbonyl (C=O) groups excluding carboxylic acids is 2. The first kappa shape index (κ1) is 26.3. The minimum atomic E-state index is -3.32. The molecule has 3 heterocycles. The Morgan fingerprint density at radius 1 is 1.22 bits per heavy atom. The summed E-state index contributed by atoms with van der Waals surface area (Å²) in [6.07, 6.45) is 3.21. The second-order valence-electron chi connectivity index (χ2n) is 9.91. The molecule has 1 fully saturated rings. The highest BCUT2D eigenvalue weighted by Crippen LogP contribution is 2.37. The average molecular weight is 518 g/mol. The second kappa shape index (κ2) is 10.7. The van der Waals surface area contributed by atoms with E-state index in [0.29, 0.717) is 43.9 Å². The van der Waals surface area contributed by atoms with E-state index >= 15 is 0 Å². The Hall–Kier alpha value is -2.72. The number of amides is 1. The van der Waals surface area contributed by atoms with E-state index in [9.17, 15) is 18.0 Å². The van der Waals surface area contributed by atoms with Crippen LogP contribution in [0.1, 0.15) is 65.7 Å². The maximum atomic E-state index is 13.0. The molecule has 0 saturated carbocycles. The lowest BCUT2D eigenvalue weighted by molar-refractivity contribution is 0.0151. The smallest absolute Gasteiger partial charge is 0.338 e. The van der Waals surface area contributed by atoms with Crippen LogP contribution in [0.3, 0.4) is 0 Å². The van der Waals surface area contributed by atoms with Crippen molar-refractivity contribution in [2.24, 2.45) is 11.3 Å². The van der Waals surface area contributed by atoms with Gasteiger partial charge in [0.1, 0.15) is 0 Å². The number of carbonyl (C=O) groups is 2. The summed E-state index contributed by atoms with van der Waals surface area (Å²) in [6, 6.07) is 5.81. The molecule has 0 bridgehead atoms. The highest BCUT2D eigenvalue weighted by atomic mass is 32.2. The summed E-state index contributed by atoms with van der Waals surface area (Å²) in [5.41, 5.74) is 2.70. The number of ether oxygens (including phenoxy) is 2. The number of esters is 1. The van der Waals surface area contributed by atoms with Crippen molar-refractivity contribution in [3.8, 4) is 0 Å². The number of nitrogens with one attached hydrogen (secondary N) is 1. The fraction of sp³-hybridized carbons (Fsp3) is 0.577. The van der Waals surface area contributed by atoms with Gasteiger partial charge in [0.25, 0.3) is 5.91 Å². The van der Waals surface area contributed by atoms with Crippen molar-refractivity contribution in [1.29, 1.82) is 0 Å². The number of aryl methyl sites for hydroxylation is 1. The molecule has 2 aliphatic rings. The number of hydrogen-bond donors (Lipinski definition) is 1. The maximum Gasteiger partial charge on any atom is 0.338 e. The first-order valence-corrected chi connectivity index (χ1v) is 14.3. The van der Waals surface area contributed by atoms with Gasteiger partial charge in [-0.3, -0.25) is 9.48 Å². The van der Waals surface area contributed by atoms with Crippen molar-refractivity contribution in [2.45, 2.75) is 57.9 Å². The number of benzene rings is 1. The summed E-state index contributed by atoms with van der Waals surface area (Å²) in [4.78, 5) is 25.7. The minimum Gasteiger partial charge on any atom is -0.462 e. The molecule has 4 rings (SSSR count). The first-order chi connectivity index (χ1) is 17.2. The van der Waals surface area contributed by atoms with E-state index in [0.717, 1.165) is 30.7 Å². The third-order valence-corrected chi connectivity index (χ3v) is 8.98. The molecule has 10 heteroatoms. The van der Waals surface area contributed by atoms with Crippen LogP contribution >= 0.6 is 0 Å². The summed E-state index contributed by atoms with van der Waals surface area (Å²) in [5, 5.41) is 7.90. The van der Waals surface area contributed by atoms with E-state index in [4.69, 9.17) is 14.6 Å². The van der Waals surface area contributed by atoms with Crippen molar-refractivity contribution in [3.05, 3.63) is 46.8 Å². The van der Waals surface area contributed by atoms with Crippen LogP contribution in [0.4, 0.5) is 0 Å². The van der Waals surface area contributed by atoms with Gasteiger partial charge in [0.2, 0.25) is 0 Å². The molecule has 2 aliphatic heterocycles. The molecule has 1 aromatic heterocycles. The predicted molar refractivity (Wildman–Crippen MR) is 134 cm³/mol. The first-order valence-electron chi connectivity index (χ1n) is 12.6. The SMILES string of the molecule is CCc1nn(C[C@@H](C)COC(=O)c2ccc(S(=O)(=O)CC)cc2)c2c1C(=O)NCC1(CCOCC1)C2. The van der Waals surface area contributed by atoms with E-state index < -0.39 is 15.8 Å². The van der Waals surface area contributed by atoms with Crippen molar-refractivity contribution < 1.29 is 27.5 Å². The van der Waals surface area contributed by atoms with Gasteiger partial charge in [0.15, 0.2) is 9.84 Å². The predicted octanol–water partition coefficient (Wildman–Crippen LogP) is 2.81. The minimum absolute atomic E-state index is 0.00173. The molecule has 0 unspecified atom stereocenters. The molecule has 9 nitrogen and oxygen atoms in total. The van der Waals surface area contributed by atoms with Gasteiger partial charge in [-0.2, -0.15) is 5.10 Å². The van der Waals surface area contributed by atoms with Crippen LogP contribution in [0.15, 0.2) is 29.2 Å². The summed E-state index contributed by atoms with van der Waals surface area (Å²) in [5.74, 6) is -0.610. The maximum absolute atomic E-state index is 13.0. The van der Waals surface area contributed by atoms with E-state index in [1.807, 2.05) is 18.5 Å². The van der Waals surface area contributed by atoms with Gasteiger partial charge < -0.3 is 14.8 Å². The van der Waals surface area contributed by atoms with Crippen LogP contribution in [-0.2, 0) is 38.7 Å². The van der Waals surface area contributed by atoms with Gasteiger partial charge in [-0.25, -0.2) is 13.2 Å². The quantitative estimate of drug-likeness (QED) is 0.535. The molecule has 36 heavy (non-hydrogen) atoms. The average Bonchev–Trinajstić information content (AvgIpc) is 3.15. The highest BCUT2D eigenvalue weighted by molar-refractivity contribution is 7.91. The van der Waals surface area contributed by atoms with E-state index in [-0.39, 0.29) is 34.5 Å². The molecule has 0 radical (unpaired) electrons. The zero-order chi connectivity index (χ0) is 25.9. The van der Waals surface area contributed by atoms with Crippen LogP contribution in [0.25, 0.3) is 0 Å². The van der Waals surface area contributed by atoms with Gasteiger partial charge >= 0.3 is 5.97 Å². The van der Waals surface area contributed by atoms with Gasteiger partial charge in [0, 0.05) is 32.2 Å². The Labute approximate surface area is 212 Å². The molecule has 0 aliphatic carbocycles. The van der Waals surface area contributed by atoms with Crippen molar-refractivity contribution in [1.82, 2.24) is 15.1 Å². The zero-order valence-electron chi connectivity index (χ0n) is 21.2. The molecule has 1 amide bonds. The normalized spacial score (nSPS) is 18.2. The van der Waals surface area contributed by atoms with E-state index in [2.05, 4.69) is 5.32 Å². The van der Waals surface area contributed by atoms with Crippen LogP contribution in [-0.4, -0.2) is 62.2 Å². The molecule has 1 saturated heterocycles. The summed E-state index contributed by atoms with van der Waals surface area (Å²) >= 11 is 0. The summed E-state index contributed by atoms with van der Waals surface area (Å²) in [7, 11) is -3.32. The number of rotatable bonds is 8. The number of aromatic nitrogens is 2. The Balaban J connectivity index is 1.45. The molecule has 1 spiro atoms. The van der Waals surface area contributed by atoms with Crippen molar-refractivity contribution in [2.75, 3.05) is 32.1 Å². The van der Waals surface area contributed by atoms with Crippen LogP contribution in [0, 0.1) is 11.3 Å². The molecular formula is C26H35N3O6S. The van der Waals surface area contributed by atoms with Gasteiger partial charge in [-0.1, -0.05) is 20.8 Å². The van der Waals surface area contributed by atoms with Crippen molar-refractivity contribution in [3.63, 3.8) is 0 Å². The Morgan fingerprint density at radius 3 is 2.56 bits per heavy atom. The zero-order valence-corrected chi connectivity index (χ0v) is 22.0. The van der Waals surface area contributed by atoms with E-state index in [1.165, 1.54) is 24.3 Å². The number of fused-ring (bicyclic) bond motifs is 1. The number of sulfone groups is 1. The fourth-order valence-corrected chi connectivity index (χ4v) is 5.82. The summed E-state index contributed by atoms with van der Waals surface area (Å²) in [6.45, 7) is 8.27. The Bertz CT molecular complexity index is 1210. The third-order valence-electron chi connectivity index (χ3n) is 7.22. The standard InChI is InChI=1S/C26H35N3O6S/c1-4-21-23-22(14-26(17-27-24(23)30)10-12-34-13-11-26)29(28-21)15-18(3)16-35-25(31)19-6-8-20(9-7-19)36(32,33)5-2/h6-9,18H,4-5,10-17H2,1-3H3,(H,27,30)/t18-/m1/s1. The molecule has 1 N–H and O–H groups in total. The number of nitrogens with zero attached hydrogens (tertiary/aromatic N) is 2. The third kappa shape index (κ3) is 5.49. The topological polar surface area (TPSA) is 117 Å². The van der Waals surface area contributed by atoms with Crippen LogP contribution in [0.5, 0.6) is 0 Å². The van der Waals surface area contributed by atoms with Crippen LogP contribution < -0.4 is 5.32 Å². The van der Waals surface area contributed by atoms with Gasteiger partial charge in [-0.05, 0) is 55.4 Å². The molecule has 196 valence electrons. The molecule has 2 aromatic rings. The second-order valence-corrected chi connectivity index (χ2v) is 12.2. The Morgan fingerprint density at radius 2 is 1.92 bits per heavy atom. The van der Waals surface area contributed by atoms with E-state index in [1.54, 1.807) is 6.92 Å². The van der Waals surface area contributed by atoms with Gasteiger partial charge in [-0.15, -0.1) is 0 Å².